The number of H-pyrrole nitrogens is 1. The second kappa shape index (κ2) is 2.85. The smallest absolute Gasteiger partial charge is 0.253 e. The normalized spacial score (nSPS) is 10.6. The van der Waals surface area contributed by atoms with Crippen molar-refractivity contribution in [1.29, 1.82) is 0 Å². The summed E-state index contributed by atoms with van der Waals surface area (Å²) in [6.07, 6.45) is 1.62. The van der Waals surface area contributed by atoms with Crippen LogP contribution in [-0.4, -0.2) is 9.97 Å². The van der Waals surface area contributed by atoms with E-state index in [-0.39, 0.29) is 5.56 Å². The average Bonchev–Trinajstić information content (AvgIpc) is 2.15. The topological polar surface area (TPSA) is 45.8 Å². The SMILES string of the molecule is Cc1c(Cl)c2cccnc2[nH]c1=O. The van der Waals surface area contributed by atoms with Crippen LogP contribution in [0.25, 0.3) is 11.0 Å². The van der Waals surface area contributed by atoms with E-state index in [0.717, 1.165) is 5.39 Å². The first-order chi connectivity index (χ1) is 6.20. The summed E-state index contributed by atoms with van der Waals surface area (Å²) in [7, 11) is 0. The Kier molecular flexibility index (Phi) is 1.81. The predicted molar refractivity (Wildman–Crippen MR) is 52.1 cm³/mol. The molecule has 2 heterocycles. The van der Waals surface area contributed by atoms with Crippen LogP contribution in [0.3, 0.4) is 0 Å². The monoisotopic (exact) mass is 194 g/mol. The highest BCUT2D eigenvalue weighted by molar-refractivity contribution is 6.35. The molecule has 0 saturated heterocycles. The highest BCUT2D eigenvalue weighted by Crippen LogP contribution is 2.20. The Hall–Kier alpha value is -1.35. The summed E-state index contributed by atoms with van der Waals surface area (Å²) < 4.78 is 0. The van der Waals surface area contributed by atoms with Crippen LogP contribution in [0.2, 0.25) is 5.02 Å². The molecule has 0 aliphatic rings. The van der Waals surface area contributed by atoms with Gasteiger partial charge in [0.2, 0.25) is 0 Å². The van der Waals surface area contributed by atoms with E-state index in [1.165, 1.54) is 0 Å². The second-order valence-corrected chi connectivity index (χ2v) is 3.17. The molecule has 0 aromatic carbocycles. The molecule has 0 bridgehead atoms. The van der Waals surface area contributed by atoms with Crippen LogP contribution in [0.4, 0.5) is 0 Å². The highest BCUT2D eigenvalue weighted by Gasteiger charge is 2.05. The second-order valence-electron chi connectivity index (χ2n) is 2.79. The number of aromatic nitrogens is 2. The Bertz CT molecular complexity index is 518. The summed E-state index contributed by atoms with van der Waals surface area (Å²) in [5, 5.41) is 1.26. The molecule has 0 aliphatic carbocycles. The molecule has 4 heteroatoms. The van der Waals surface area contributed by atoms with Crippen molar-refractivity contribution < 1.29 is 0 Å². The van der Waals surface area contributed by atoms with Crippen LogP contribution in [0.15, 0.2) is 23.1 Å². The fraction of sp³-hybridized carbons (Fsp3) is 0.111. The summed E-state index contributed by atoms with van der Waals surface area (Å²) in [5.74, 6) is 0. The average molecular weight is 195 g/mol. The zero-order chi connectivity index (χ0) is 9.42. The number of hydrogen-bond acceptors (Lipinski definition) is 2. The maximum absolute atomic E-state index is 11.3. The van der Waals surface area contributed by atoms with E-state index in [1.54, 1.807) is 19.2 Å². The van der Waals surface area contributed by atoms with Crippen molar-refractivity contribution in [3.05, 3.63) is 39.3 Å². The quantitative estimate of drug-likeness (QED) is 0.696. The Morgan fingerprint density at radius 3 is 3.08 bits per heavy atom. The van der Waals surface area contributed by atoms with Crippen molar-refractivity contribution in [2.75, 3.05) is 0 Å². The van der Waals surface area contributed by atoms with Crippen molar-refractivity contribution >= 4 is 22.6 Å². The van der Waals surface area contributed by atoms with Crippen LogP contribution in [0.5, 0.6) is 0 Å². The third-order valence-corrected chi connectivity index (χ3v) is 2.43. The van der Waals surface area contributed by atoms with E-state index < -0.39 is 0 Å². The van der Waals surface area contributed by atoms with Crippen molar-refractivity contribution in [3.63, 3.8) is 0 Å². The molecule has 1 N–H and O–H groups in total. The fourth-order valence-corrected chi connectivity index (χ4v) is 1.42. The lowest BCUT2D eigenvalue weighted by Crippen LogP contribution is -2.10. The van der Waals surface area contributed by atoms with E-state index in [9.17, 15) is 4.79 Å². The summed E-state index contributed by atoms with van der Waals surface area (Å²) in [6, 6.07) is 3.61. The molecule has 0 spiro atoms. The molecular weight excluding hydrogens is 188 g/mol. The van der Waals surface area contributed by atoms with Gasteiger partial charge in [-0.1, -0.05) is 11.6 Å². The van der Waals surface area contributed by atoms with Gasteiger partial charge in [0.05, 0.1) is 5.02 Å². The molecular formula is C9H7ClN2O. The number of pyridine rings is 2. The first-order valence-electron chi connectivity index (χ1n) is 3.83. The largest absolute Gasteiger partial charge is 0.306 e. The Labute approximate surface area is 79.4 Å². The summed E-state index contributed by atoms with van der Waals surface area (Å²) in [5.41, 5.74) is 0.876. The zero-order valence-corrected chi connectivity index (χ0v) is 7.72. The van der Waals surface area contributed by atoms with Gasteiger partial charge < -0.3 is 4.98 Å². The van der Waals surface area contributed by atoms with Crippen LogP contribution in [0.1, 0.15) is 5.56 Å². The van der Waals surface area contributed by atoms with Gasteiger partial charge in [-0.3, -0.25) is 4.79 Å². The number of nitrogens with zero attached hydrogens (tertiary/aromatic N) is 1. The van der Waals surface area contributed by atoms with Gasteiger partial charge in [0.25, 0.3) is 5.56 Å². The van der Waals surface area contributed by atoms with E-state index >= 15 is 0 Å². The number of hydrogen-bond donors (Lipinski definition) is 1. The van der Waals surface area contributed by atoms with Gasteiger partial charge >= 0.3 is 0 Å². The summed E-state index contributed by atoms with van der Waals surface area (Å²) in [4.78, 5) is 17.9. The van der Waals surface area contributed by atoms with E-state index in [4.69, 9.17) is 11.6 Å². The van der Waals surface area contributed by atoms with Gasteiger partial charge in [0.1, 0.15) is 5.65 Å². The third kappa shape index (κ3) is 1.21. The van der Waals surface area contributed by atoms with Gasteiger partial charge in [-0.05, 0) is 19.1 Å². The van der Waals surface area contributed by atoms with Crippen molar-refractivity contribution in [2.45, 2.75) is 6.92 Å². The molecule has 0 atom stereocenters. The molecule has 66 valence electrons. The molecule has 13 heavy (non-hydrogen) atoms. The molecule has 3 nitrogen and oxygen atoms in total. The van der Waals surface area contributed by atoms with Crippen LogP contribution in [-0.2, 0) is 0 Å². The lowest BCUT2D eigenvalue weighted by Gasteiger charge is -2.00. The minimum Gasteiger partial charge on any atom is -0.306 e. The minimum atomic E-state index is -0.184. The van der Waals surface area contributed by atoms with Crippen LogP contribution >= 0.6 is 11.6 Å². The lowest BCUT2D eigenvalue weighted by molar-refractivity contribution is 1.19. The van der Waals surface area contributed by atoms with E-state index in [1.807, 2.05) is 6.07 Å². The number of nitrogens with one attached hydrogen (secondary N) is 1. The minimum absolute atomic E-state index is 0.184. The number of aromatic amines is 1. The molecule has 2 rings (SSSR count). The fourth-order valence-electron chi connectivity index (χ4n) is 1.18. The Balaban J connectivity index is 3.02. The zero-order valence-electron chi connectivity index (χ0n) is 6.97. The standard InChI is InChI=1S/C9H7ClN2O/c1-5-7(10)6-3-2-4-11-8(6)12-9(5)13/h2-4H,1H3,(H,11,12,13). The predicted octanol–water partition coefficient (Wildman–Crippen LogP) is 1.88. The van der Waals surface area contributed by atoms with Crippen molar-refractivity contribution in [2.24, 2.45) is 0 Å². The number of halogens is 1. The van der Waals surface area contributed by atoms with Crippen molar-refractivity contribution in [3.8, 4) is 0 Å². The first-order valence-corrected chi connectivity index (χ1v) is 4.21. The van der Waals surface area contributed by atoms with Crippen LogP contribution < -0.4 is 5.56 Å². The molecule has 0 saturated carbocycles. The molecule has 0 radical (unpaired) electrons. The third-order valence-electron chi connectivity index (χ3n) is 1.95. The molecule has 0 aliphatic heterocycles. The van der Waals surface area contributed by atoms with Gasteiger partial charge in [-0.15, -0.1) is 0 Å². The van der Waals surface area contributed by atoms with E-state index in [2.05, 4.69) is 9.97 Å². The number of rotatable bonds is 0. The lowest BCUT2D eigenvalue weighted by atomic mass is 10.2. The van der Waals surface area contributed by atoms with Gasteiger partial charge in [-0.2, -0.15) is 0 Å². The van der Waals surface area contributed by atoms with Crippen LogP contribution in [0, 0.1) is 6.92 Å². The highest BCUT2D eigenvalue weighted by atomic mass is 35.5. The first kappa shape index (κ1) is 8.26. The molecule has 0 unspecified atom stereocenters. The Morgan fingerprint density at radius 1 is 1.54 bits per heavy atom. The van der Waals surface area contributed by atoms with Gasteiger partial charge in [0, 0.05) is 17.1 Å². The summed E-state index contributed by atoms with van der Waals surface area (Å²) >= 11 is 5.97. The van der Waals surface area contributed by atoms with E-state index in [0.29, 0.717) is 16.2 Å². The maximum Gasteiger partial charge on any atom is 0.253 e. The Morgan fingerprint density at radius 2 is 2.31 bits per heavy atom. The maximum atomic E-state index is 11.3. The van der Waals surface area contributed by atoms with Gasteiger partial charge in [0.15, 0.2) is 0 Å². The summed E-state index contributed by atoms with van der Waals surface area (Å²) in [6.45, 7) is 1.69. The van der Waals surface area contributed by atoms with Crippen molar-refractivity contribution in [1.82, 2.24) is 9.97 Å². The molecule has 0 amide bonds. The number of fused-ring (bicyclic) bond motifs is 1. The molecule has 0 fully saturated rings. The molecule has 2 aromatic rings. The molecule has 2 aromatic heterocycles. The van der Waals surface area contributed by atoms with Gasteiger partial charge in [-0.25, -0.2) is 4.98 Å².